The quantitative estimate of drug-likeness (QED) is 0.540. The highest BCUT2D eigenvalue weighted by molar-refractivity contribution is 5.66. The number of aliphatic carboxylic acids is 1. The molecule has 0 saturated heterocycles. The lowest BCUT2D eigenvalue weighted by molar-refractivity contribution is -0.137. The first kappa shape index (κ1) is 23.5. The molecule has 1 N–H and O–H groups in total. The fourth-order valence-corrected chi connectivity index (χ4v) is 9.31. The second-order valence-corrected chi connectivity index (χ2v) is 12.0. The molecule has 4 fully saturated rings. The van der Waals surface area contributed by atoms with Crippen molar-refractivity contribution >= 4 is 17.9 Å². The molecule has 4 rings (SSSR count). The normalized spacial score (nSPS) is 44.0. The summed E-state index contributed by atoms with van der Waals surface area (Å²) in [5.41, 5.74) is 2.26. The monoisotopic (exact) mass is 440 g/mol. The van der Waals surface area contributed by atoms with Crippen LogP contribution in [0.1, 0.15) is 91.9 Å². The fraction of sp³-hybridized carbons (Fsp3) is 0.821. The zero-order valence-electron chi connectivity index (χ0n) is 20.3. The van der Waals surface area contributed by atoms with Crippen molar-refractivity contribution in [3.63, 3.8) is 0 Å². The lowest BCUT2D eigenvalue weighted by Gasteiger charge is -2.63. The summed E-state index contributed by atoms with van der Waals surface area (Å²) in [4.78, 5) is 35.1. The van der Waals surface area contributed by atoms with Crippen LogP contribution in [0.15, 0.2) is 11.1 Å². The second-order valence-electron chi connectivity index (χ2n) is 12.0. The number of carboxylic acid groups (broad SMARTS) is 1. The van der Waals surface area contributed by atoms with Gasteiger partial charge in [0.05, 0.1) is 0 Å². The van der Waals surface area contributed by atoms with Gasteiger partial charge in [-0.15, -0.1) is 0 Å². The van der Waals surface area contributed by atoms with Gasteiger partial charge in [0.15, 0.2) is 0 Å². The molecule has 4 nitrogen and oxygen atoms in total. The summed E-state index contributed by atoms with van der Waals surface area (Å²) < 4.78 is 0. The minimum absolute atomic E-state index is 0.167. The van der Waals surface area contributed by atoms with Gasteiger partial charge in [-0.25, -0.2) is 9.59 Å². The molecule has 0 bridgehead atoms. The van der Waals surface area contributed by atoms with E-state index in [1.165, 1.54) is 6.42 Å². The number of rotatable bonds is 5. The molecule has 9 atom stereocenters. The van der Waals surface area contributed by atoms with Crippen molar-refractivity contribution in [1.82, 2.24) is 0 Å². The van der Waals surface area contributed by atoms with Gasteiger partial charge < -0.3 is 5.11 Å². The minimum Gasteiger partial charge on any atom is -0.481 e. The molecule has 0 aliphatic heterocycles. The van der Waals surface area contributed by atoms with E-state index in [0.29, 0.717) is 35.5 Å². The van der Waals surface area contributed by atoms with E-state index >= 15 is 0 Å². The molecule has 32 heavy (non-hydrogen) atoms. The predicted molar refractivity (Wildman–Crippen MR) is 124 cm³/mol. The van der Waals surface area contributed by atoms with Crippen LogP contribution < -0.4 is 0 Å². The van der Waals surface area contributed by atoms with E-state index < -0.39 is 5.97 Å². The lowest BCUT2D eigenvalue weighted by atomic mass is 9.41. The van der Waals surface area contributed by atoms with E-state index in [1.807, 2.05) is 0 Å². The molecule has 0 amide bonds. The summed E-state index contributed by atoms with van der Waals surface area (Å²) in [6, 6.07) is 0. The highest BCUT2D eigenvalue weighted by atomic mass is 16.4. The van der Waals surface area contributed by atoms with Crippen molar-refractivity contribution in [2.45, 2.75) is 91.9 Å². The molecule has 0 radical (unpaired) electrons. The number of hydrogen-bond donors (Lipinski definition) is 1. The Labute approximate surface area is 192 Å². The van der Waals surface area contributed by atoms with Crippen LogP contribution in [0.5, 0.6) is 0 Å². The van der Waals surface area contributed by atoms with Gasteiger partial charge in [-0.2, -0.15) is 0 Å². The Hall–Kier alpha value is -1.63. The number of allylic oxidation sites excluding steroid dienone is 2. The smallest absolute Gasteiger partial charge is 0.303 e. The van der Waals surface area contributed by atoms with Crippen LogP contribution in [-0.2, 0) is 14.4 Å². The van der Waals surface area contributed by atoms with Crippen LogP contribution in [-0.4, -0.2) is 23.0 Å². The molecule has 0 unspecified atom stereocenters. The number of carboxylic acids is 1. The molecule has 176 valence electrons. The average Bonchev–Trinajstić information content (AvgIpc) is 3.13. The third-order valence-electron chi connectivity index (χ3n) is 10.9. The maximum Gasteiger partial charge on any atom is 0.303 e. The summed E-state index contributed by atoms with van der Waals surface area (Å²) in [5, 5.41) is 9.18. The molecule has 0 aromatic rings. The highest BCUT2D eigenvalue weighted by Crippen LogP contribution is 2.70. The molecule has 0 aromatic heterocycles. The van der Waals surface area contributed by atoms with Crippen LogP contribution in [0.25, 0.3) is 0 Å². The predicted octanol–water partition coefficient (Wildman–Crippen LogP) is 5.91. The molecular formula is C28H40O4. The van der Waals surface area contributed by atoms with Crippen molar-refractivity contribution < 1.29 is 19.5 Å². The fourth-order valence-electron chi connectivity index (χ4n) is 9.31. The standard InChI is InChI=1S/C28H40O4/c1-5-19-20(16-30)26-22-8-7-21(17(2)6-9-25(31)32)27(22,3)13-11-23(26)28(4)12-10-18(15-29)14-24(19)28/h17,19,21-24,26H,5-14H2,1-4H3,(H,31,32)/t17-,19+,21-,22+,23+,24+,26+,27-,28-/m1/s1. The Balaban J connectivity index is 1.69. The zero-order valence-corrected chi connectivity index (χ0v) is 20.3. The number of carbonyl (C=O) groups is 1. The zero-order chi connectivity index (χ0) is 23.3. The summed E-state index contributed by atoms with van der Waals surface area (Å²) in [6.07, 6.45) is 9.19. The Morgan fingerprint density at radius 1 is 1.06 bits per heavy atom. The van der Waals surface area contributed by atoms with Gasteiger partial charge in [0.2, 0.25) is 0 Å². The van der Waals surface area contributed by atoms with Crippen molar-refractivity contribution in [1.29, 1.82) is 0 Å². The summed E-state index contributed by atoms with van der Waals surface area (Å²) >= 11 is 0. The first-order valence-corrected chi connectivity index (χ1v) is 12.9. The Kier molecular flexibility index (Phi) is 6.34. The Morgan fingerprint density at radius 3 is 2.41 bits per heavy atom. The number of carbonyl (C=O) groups excluding carboxylic acids is 2. The van der Waals surface area contributed by atoms with Gasteiger partial charge in [-0.3, -0.25) is 4.79 Å². The third kappa shape index (κ3) is 3.46. The molecular weight excluding hydrogens is 400 g/mol. The largest absolute Gasteiger partial charge is 0.481 e. The molecule has 4 aliphatic rings. The highest BCUT2D eigenvalue weighted by Gasteiger charge is 2.63. The average molecular weight is 441 g/mol. The lowest BCUT2D eigenvalue weighted by Crippen LogP contribution is -2.57. The Morgan fingerprint density at radius 2 is 1.78 bits per heavy atom. The molecule has 4 aliphatic carbocycles. The topological polar surface area (TPSA) is 71.4 Å². The van der Waals surface area contributed by atoms with Crippen molar-refractivity contribution in [3.8, 4) is 0 Å². The minimum atomic E-state index is -0.704. The van der Waals surface area contributed by atoms with E-state index in [-0.39, 0.29) is 23.2 Å². The van der Waals surface area contributed by atoms with E-state index in [0.717, 1.165) is 62.5 Å². The SMILES string of the molecule is CC[C@H]1C(=C=O)[C@@H]2[C@H](CC[C@]3(C)[C@@H]([C@H](C)CCC(=O)O)CC[C@@H]23)[C@@]2(C)CCC(=C=O)C[C@@H]12. The van der Waals surface area contributed by atoms with Crippen molar-refractivity contribution in [2.75, 3.05) is 0 Å². The van der Waals surface area contributed by atoms with Gasteiger partial charge >= 0.3 is 5.97 Å². The number of hydrogen-bond acceptors (Lipinski definition) is 3. The number of fused-ring (bicyclic) bond motifs is 5. The summed E-state index contributed by atoms with van der Waals surface area (Å²) in [6.45, 7) is 9.32. The molecule has 0 spiro atoms. The van der Waals surface area contributed by atoms with Crippen molar-refractivity contribution in [3.05, 3.63) is 11.1 Å². The Bertz CT molecular complexity index is 863. The molecule has 4 heteroatoms. The van der Waals surface area contributed by atoms with E-state index in [2.05, 4.69) is 39.6 Å². The van der Waals surface area contributed by atoms with Crippen LogP contribution >= 0.6 is 0 Å². The van der Waals surface area contributed by atoms with Crippen LogP contribution in [0.4, 0.5) is 0 Å². The first-order chi connectivity index (χ1) is 15.2. The van der Waals surface area contributed by atoms with Crippen molar-refractivity contribution in [2.24, 2.45) is 52.3 Å². The molecule has 0 heterocycles. The maximum atomic E-state index is 12.5. The van der Waals surface area contributed by atoms with Gasteiger partial charge in [-0.1, -0.05) is 27.7 Å². The van der Waals surface area contributed by atoms with Crippen LogP contribution in [0.2, 0.25) is 0 Å². The molecule has 4 saturated carbocycles. The van der Waals surface area contributed by atoms with E-state index in [9.17, 15) is 19.5 Å². The van der Waals surface area contributed by atoms with E-state index in [4.69, 9.17) is 0 Å². The third-order valence-corrected chi connectivity index (χ3v) is 10.9. The molecule has 0 aromatic carbocycles. The summed E-state index contributed by atoms with van der Waals surface area (Å²) in [5.74, 6) is 6.76. The van der Waals surface area contributed by atoms with E-state index in [1.54, 1.807) is 0 Å². The second kappa shape index (κ2) is 8.62. The summed E-state index contributed by atoms with van der Waals surface area (Å²) in [7, 11) is 0. The van der Waals surface area contributed by atoms with Crippen LogP contribution in [0.3, 0.4) is 0 Å². The van der Waals surface area contributed by atoms with Gasteiger partial charge in [0.25, 0.3) is 0 Å². The van der Waals surface area contributed by atoms with Gasteiger partial charge in [0.1, 0.15) is 11.9 Å². The van der Waals surface area contributed by atoms with Gasteiger partial charge in [-0.05, 0) is 110 Å². The first-order valence-electron chi connectivity index (χ1n) is 12.9. The van der Waals surface area contributed by atoms with Gasteiger partial charge in [0, 0.05) is 17.6 Å². The maximum absolute atomic E-state index is 12.5. The van der Waals surface area contributed by atoms with Crippen LogP contribution in [0, 0.1) is 52.3 Å².